The highest BCUT2D eigenvalue weighted by Gasteiger charge is 2.12. The number of carbonyl (C=O) groups is 1. The van der Waals surface area contributed by atoms with Crippen molar-refractivity contribution in [3.63, 3.8) is 0 Å². The van der Waals surface area contributed by atoms with Crippen LogP contribution in [0.2, 0.25) is 0 Å². The second-order valence-corrected chi connectivity index (χ2v) is 3.33. The molecule has 0 aliphatic rings. The molecule has 2 aromatic rings. The maximum Gasteiger partial charge on any atom is 0.335 e. The Morgan fingerprint density at radius 1 is 1.00 bits per heavy atom. The Balaban J connectivity index is 2.81. The topological polar surface area (TPSA) is 98.0 Å². The summed E-state index contributed by atoms with van der Waals surface area (Å²) in [5, 5.41) is 37.4. The van der Waals surface area contributed by atoms with Gasteiger partial charge in [0, 0.05) is 5.39 Å². The van der Waals surface area contributed by atoms with Gasteiger partial charge in [0.15, 0.2) is 11.5 Å². The first-order valence-electron chi connectivity index (χ1n) is 4.41. The van der Waals surface area contributed by atoms with Crippen LogP contribution in [0.1, 0.15) is 10.4 Å². The minimum Gasteiger partial charge on any atom is -0.504 e. The van der Waals surface area contributed by atoms with Crippen molar-refractivity contribution >= 4 is 16.7 Å². The number of benzene rings is 2. The van der Waals surface area contributed by atoms with Gasteiger partial charge < -0.3 is 20.4 Å². The molecular formula is C11H8O5. The second-order valence-electron chi connectivity index (χ2n) is 3.33. The number of hydrogen-bond acceptors (Lipinski definition) is 4. The average Bonchev–Trinajstić information content (AvgIpc) is 2.25. The summed E-state index contributed by atoms with van der Waals surface area (Å²) in [6.07, 6.45) is 0. The molecule has 2 rings (SSSR count). The third kappa shape index (κ3) is 1.38. The predicted molar refractivity (Wildman–Crippen MR) is 55.9 cm³/mol. The Morgan fingerprint density at radius 3 is 2.31 bits per heavy atom. The van der Waals surface area contributed by atoms with E-state index in [1.807, 2.05) is 0 Å². The zero-order valence-electron chi connectivity index (χ0n) is 8.01. The van der Waals surface area contributed by atoms with E-state index in [0.29, 0.717) is 5.39 Å². The molecule has 0 spiro atoms. The lowest BCUT2D eigenvalue weighted by Gasteiger charge is -2.06. The molecule has 0 fully saturated rings. The molecule has 0 radical (unpaired) electrons. The van der Waals surface area contributed by atoms with Crippen molar-refractivity contribution < 1.29 is 25.2 Å². The van der Waals surface area contributed by atoms with Crippen LogP contribution in [0.25, 0.3) is 10.8 Å². The van der Waals surface area contributed by atoms with Crippen LogP contribution in [0.5, 0.6) is 17.2 Å². The molecular weight excluding hydrogens is 212 g/mol. The molecule has 0 atom stereocenters. The van der Waals surface area contributed by atoms with Crippen LogP contribution in [0.15, 0.2) is 24.3 Å². The number of phenolic OH excluding ortho intramolecular Hbond substituents is 3. The second kappa shape index (κ2) is 3.30. The molecule has 5 heteroatoms. The Kier molecular flexibility index (Phi) is 2.09. The molecule has 0 heterocycles. The van der Waals surface area contributed by atoms with Gasteiger partial charge in [-0.3, -0.25) is 0 Å². The van der Waals surface area contributed by atoms with E-state index in [9.17, 15) is 20.1 Å². The van der Waals surface area contributed by atoms with E-state index in [0.717, 1.165) is 0 Å². The van der Waals surface area contributed by atoms with E-state index in [1.165, 1.54) is 24.3 Å². The summed E-state index contributed by atoms with van der Waals surface area (Å²) in [6, 6.07) is 5.17. The molecule has 0 saturated carbocycles. The number of aromatic carboxylic acids is 1. The third-order valence-electron chi connectivity index (χ3n) is 2.31. The monoisotopic (exact) mass is 220 g/mol. The summed E-state index contributed by atoms with van der Waals surface area (Å²) >= 11 is 0. The number of carboxylic acids is 1. The normalized spacial score (nSPS) is 10.5. The fourth-order valence-corrected chi connectivity index (χ4v) is 1.50. The summed E-state index contributed by atoms with van der Waals surface area (Å²) in [5.41, 5.74) is 0.0389. The van der Waals surface area contributed by atoms with Gasteiger partial charge in [-0.25, -0.2) is 4.79 Å². The van der Waals surface area contributed by atoms with Gasteiger partial charge in [-0.2, -0.15) is 0 Å². The Labute approximate surface area is 89.8 Å². The van der Waals surface area contributed by atoms with Gasteiger partial charge in [0.25, 0.3) is 0 Å². The van der Waals surface area contributed by atoms with E-state index < -0.39 is 23.2 Å². The van der Waals surface area contributed by atoms with E-state index in [2.05, 4.69) is 0 Å². The molecule has 2 aromatic carbocycles. The molecule has 0 saturated heterocycles. The van der Waals surface area contributed by atoms with Crippen LogP contribution in [0.3, 0.4) is 0 Å². The van der Waals surface area contributed by atoms with E-state index in [1.54, 1.807) is 0 Å². The number of aromatic hydroxyl groups is 3. The SMILES string of the molecule is O=C(O)c1ccc2c(O)c(O)c(O)cc2c1. The van der Waals surface area contributed by atoms with E-state index in [-0.39, 0.29) is 10.9 Å². The predicted octanol–water partition coefficient (Wildman–Crippen LogP) is 1.65. The summed E-state index contributed by atoms with van der Waals surface area (Å²) in [5.74, 6) is -2.68. The van der Waals surface area contributed by atoms with Gasteiger partial charge >= 0.3 is 5.97 Å². The van der Waals surface area contributed by atoms with Crippen LogP contribution in [-0.4, -0.2) is 26.4 Å². The lowest BCUT2D eigenvalue weighted by atomic mass is 10.1. The summed E-state index contributed by atoms with van der Waals surface area (Å²) in [4.78, 5) is 10.7. The molecule has 5 nitrogen and oxygen atoms in total. The Bertz CT molecular complexity index is 588. The van der Waals surface area contributed by atoms with Crippen molar-refractivity contribution in [3.05, 3.63) is 29.8 Å². The number of phenols is 3. The highest BCUT2D eigenvalue weighted by molar-refractivity contribution is 5.98. The molecule has 0 aliphatic carbocycles. The minimum atomic E-state index is -1.10. The van der Waals surface area contributed by atoms with Crippen LogP contribution in [-0.2, 0) is 0 Å². The molecule has 82 valence electrons. The van der Waals surface area contributed by atoms with Crippen LogP contribution in [0.4, 0.5) is 0 Å². The lowest BCUT2D eigenvalue weighted by Crippen LogP contribution is -1.95. The smallest absolute Gasteiger partial charge is 0.335 e. The van der Waals surface area contributed by atoms with Gasteiger partial charge in [-0.1, -0.05) is 0 Å². The first-order chi connectivity index (χ1) is 7.50. The van der Waals surface area contributed by atoms with Crippen LogP contribution >= 0.6 is 0 Å². The van der Waals surface area contributed by atoms with E-state index in [4.69, 9.17) is 5.11 Å². The van der Waals surface area contributed by atoms with Crippen LogP contribution < -0.4 is 0 Å². The van der Waals surface area contributed by atoms with Crippen molar-refractivity contribution in [3.8, 4) is 17.2 Å². The molecule has 0 amide bonds. The highest BCUT2D eigenvalue weighted by Crippen LogP contribution is 2.41. The van der Waals surface area contributed by atoms with Gasteiger partial charge in [0.1, 0.15) is 0 Å². The van der Waals surface area contributed by atoms with Crippen molar-refractivity contribution in [2.75, 3.05) is 0 Å². The first-order valence-corrected chi connectivity index (χ1v) is 4.41. The fourth-order valence-electron chi connectivity index (χ4n) is 1.50. The van der Waals surface area contributed by atoms with Crippen molar-refractivity contribution in [1.29, 1.82) is 0 Å². The molecule has 0 unspecified atom stereocenters. The zero-order chi connectivity index (χ0) is 11.9. The van der Waals surface area contributed by atoms with Gasteiger partial charge in [0.05, 0.1) is 5.56 Å². The lowest BCUT2D eigenvalue weighted by molar-refractivity contribution is 0.0697. The fraction of sp³-hybridized carbons (Fsp3) is 0. The largest absolute Gasteiger partial charge is 0.504 e. The molecule has 0 bridgehead atoms. The Morgan fingerprint density at radius 2 is 1.69 bits per heavy atom. The number of carboxylic acid groups (broad SMARTS) is 1. The van der Waals surface area contributed by atoms with Gasteiger partial charge in [-0.05, 0) is 29.7 Å². The van der Waals surface area contributed by atoms with Crippen molar-refractivity contribution in [2.24, 2.45) is 0 Å². The minimum absolute atomic E-state index is 0.0389. The van der Waals surface area contributed by atoms with Gasteiger partial charge in [0.2, 0.25) is 5.75 Å². The quantitative estimate of drug-likeness (QED) is 0.548. The van der Waals surface area contributed by atoms with Crippen molar-refractivity contribution in [2.45, 2.75) is 0 Å². The Hall–Kier alpha value is -2.43. The van der Waals surface area contributed by atoms with Crippen molar-refractivity contribution in [1.82, 2.24) is 0 Å². The van der Waals surface area contributed by atoms with E-state index >= 15 is 0 Å². The van der Waals surface area contributed by atoms with Gasteiger partial charge in [-0.15, -0.1) is 0 Å². The zero-order valence-corrected chi connectivity index (χ0v) is 8.01. The first kappa shape index (κ1) is 10.1. The maximum atomic E-state index is 10.7. The number of rotatable bonds is 1. The third-order valence-corrected chi connectivity index (χ3v) is 2.31. The summed E-state index contributed by atoms with van der Waals surface area (Å²) in [7, 11) is 0. The van der Waals surface area contributed by atoms with Crippen LogP contribution in [0, 0.1) is 0 Å². The maximum absolute atomic E-state index is 10.7. The summed E-state index contributed by atoms with van der Waals surface area (Å²) < 4.78 is 0. The summed E-state index contributed by atoms with van der Waals surface area (Å²) in [6.45, 7) is 0. The highest BCUT2D eigenvalue weighted by atomic mass is 16.4. The molecule has 4 N–H and O–H groups in total. The molecule has 0 aliphatic heterocycles. The molecule has 0 aromatic heterocycles. The standard InChI is InChI=1S/C11H8O5/c12-8-4-6-3-5(11(15)16)1-2-7(6)9(13)10(8)14/h1-4,12-14H,(H,15,16). The average molecular weight is 220 g/mol. The number of hydrogen-bond donors (Lipinski definition) is 4. The number of fused-ring (bicyclic) bond motifs is 1. The molecule has 16 heavy (non-hydrogen) atoms.